The number of carbonyl (C=O) groups excluding carboxylic acids is 2. The van der Waals surface area contributed by atoms with Crippen molar-refractivity contribution in [3.63, 3.8) is 0 Å². The lowest BCUT2D eigenvalue weighted by atomic mass is 9.89. The first-order chi connectivity index (χ1) is 20.5. The standard InChI is InChI=1S/C18H18ClF4N3O2.C12H14ClNO2/c1-16(2,24)11-6-14(10-3-4-13(20)12(19)5-10)26-15(7-11)17(28,8-25-9-27)18(21,22)23;1-8-4-5-10(9(13)7-8)16-11-3-2-6-14-12(11)15/h3-7,9,28H,8,24H2,1-2H3,(H,25,27);4-5,7,11H,2-3,6H2,1H3,(H,14,15). The lowest BCUT2D eigenvalue weighted by Crippen LogP contribution is -2.50. The van der Waals surface area contributed by atoms with Crippen molar-refractivity contribution in [2.75, 3.05) is 13.1 Å². The molecule has 3 aromatic rings. The second-order valence-corrected chi connectivity index (χ2v) is 11.6. The number of benzene rings is 2. The molecule has 8 nitrogen and oxygen atoms in total. The van der Waals surface area contributed by atoms with Gasteiger partial charge in [-0.1, -0.05) is 29.3 Å². The zero-order valence-electron chi connectivity index (χ0n) is 24.1. The number of nitrogens with two attached hydrogens (primary N) is 1. The van der Waals surface area contributed by atoms with Gasteiger partial charge in [0, 0.05) is 17.6 Å². The number of aryl methyl sites for hydroxylation is 1. The van der Waals surface area contributed by atoms with Crippen LogP contribution in [0, 0.1) is 12.7 Å². The second-order valence-electron chi connectivity index (χ2n) is 10.8. The number of hydrogen-bond donors (Lipinski definition) is 4. The van der Waals surface area contributed by atoms with Crippen molar-refractivity contribution in [3.05, 3.63) is 81.2 Å². The van der Waals surface area contributed by atoms with Gasteiger partial charge in [0.1, 0.15) is 11.6 Å². The van der Waals surface area contributed by atoms with Gasteiger partial charge in [0.05, 0.1) is 28.0 Å². The molecule has 1 fully saturated rings. The van der Waals surface area contributed by atoms with Crippen LogP contribution in [0.15, 0.2) is 48.5 Å². The first-order valence-electron chi connectivity index (χ1n) is 13.4. The van der Waals surface area contributed by atoms with Crippen LogP contribution in [0.1, 0.15) is 43.5 Å². The summed E-state index contributed by atoms with van der Waals surface area (Å²) in [5, 5.41) is 15.3. The third-order valence-corrected chi connectivity index (χ3v) is 7.30. The zero-order chi connectivity index (χ0) is 32.9. The number of amides is 2. The molecular weight excluding hydrogens is 627 g/mol. The summed E-state index contributed by atoms with van der Waals surface area (Å²) in [4.78, 5) is 25.9. The number of hydrogen-bond acceptors (Lipinski definition) is 6. The van der Waals surface area contributed by atoms with E-state index in [1.165, 1.54) is 18.2 Å². The Bertz CT molecular complexity index is 1500. The number of ether oxygens (including phenoxy) is 1. The molecular formula is C30H32Cl2F4N4O4. The maximum Gasteiger partial charge on any atom is 0.424 e. The van der Waals surface area contributed by atoms with Crippen LogP contribution >= 0.6 is 23.2 Å². The third kappa shape index (κ3) is 8.59. The molecule has 0 aliphatic carbocycles. The van der Waals surface area contributed by atoms with Gasteiger partial charge < -0.3 is 26.2 Å². The number of nitrogens with zero attached hydrogens (tertiary/aromatic N) is 1. The van der Waals surface area contributed by atoms with Crippen molar-refractivity contribution >= 4 is 35.5 Å². The van der Waals surface area contributed by atoms with Crippen LogP contribution in [0.3, 0.4) is 0 Å². The number of carbonyl (C=O) groups is 2. The van der Waals surface area contributed by atoms with Crippen LogP contribution in [0.2, 0.25) is 10.0 Å². The lowest BCUT2D eigenvalue weighted by Gasteiger charge is -2.31. The molecule has 2 heterocycles. The van der Waals surface area contributed by atoms with Gasteiger partial charge >= 0.3 is 6.18 Å². The fourth-order valence-corrected chi connectivity index (χ4v) is 4.61. The van der Waals surface area contributed by atoms with Crippen molar-refractivity contribution < 1.29 is 37.0 Å². The summed E-state index contributed by atoms with van der Waals surface area (Å²) in [7, 11) is 0. The molecule has 4 rings (SSSR count). The van der Waals surface area contributed by atoms with Crippen LogP contribution in [0.5, 0.6) is 5.75 Å². The highest BCUT2D eigenvalue weighted by atomic mass is 35.5. The number of aliphatic hydroxyl groups is 1. The highest BCUT2D eigenvalue weighted by molar-refractivity contribution is 6.32. The third-order valence-electron chi connectivity index (χ3n) is 6.71. The van der Waals surface area contributed by atoms with Crippen molar-refractivity contribution in [1.29, 1.82) is 0 Å². The molecule has 5 N–H and O–H groups in total. The predicted octanol–water partition coefficient (Wildman–Crippen LogP) is 5.54. The first-order valence-corrected chi connectivity index (χ1v) is 14.2. The number of halogens is 6. The summed E-state index contributed by atoms with van der Waals surface area (Å²) in [6.45, 7) is 4.67. The van der Waals surface area contributed by atoms with E-state index in [0.717, 1.165) is 37.1 Å². The van der Waals surface area contributed by atoms with Gasteiger partial charge in [-0.3, -0.25) is 9.59 Å². The van der Waals surface area contributed by atoms with Crippen molar-refractivity contribution in [3.8, 4) is 17.0 Å². The lowest BCUT2D eigenvalue weighted by molar-refractivity contribution is -0.265. The highest BCUT2D eigenvalue weighted by Crippen LogP contribution is 2.40. The Morgan fingerprint density at radius 2 is 1.84 bits per heavy atom. The van der Waals surface area contributed by atoms with Gasteiger partial charge in [-0.2, -0.15) is 13.2 Å². The molecule has 1 aliphatic rings. The van der Waals surface area contributed by atoms with E-state index < -0.39 is 41.5 Å². The van der Waals surface area contributed by atoms with E-state index in [1.54, 1.807) is 19.9 Å². The van der Waals surface area contributed by atoms with Crippen LogP contribution in [-0.4, -0.2) is 47.8 Å². The largest absolute Gasteiger partial charge is 0.479 e. The van der Waals surface area contributed by atoms with Crippen LogP contribution in [-0.2, 0) is 20.7 Å². The fourth-order valence-electron chi connectivity index (χ4n) is 4.15. The summed E-state index contributed by atoms with van der Waals surface area (Å²) in [5.41, 5.74) is 2.26. The SMILES string of the molecule is CC(C)(N)c1cc(-c2ccc(F)c(Cl)c2)nc(C(O)(CNC=O)C(F)(F)F)c1.Cc1ccc(OC2CCCNC2=O)c(Cl)c1. The van der Waals surface area contributed by atoms with E-state index in [9.17, 15) is 32.3 Å². The molecule has 14 heteroatoms. The van der Waals surface area contributed by atoms with Gasteiger partial charge in [-0.15, -0.1) is 0 Å². The Balaban J connectivity index is 0.000000278. The number of piperidine rings is 1. The average molecular weight is 660 g/mol. The maximum atomic E-state index is 13.6. The number of alkyl halides is 3. The maximum absolute atomic E-state index is 13.6. The van der Waals surface area contributed by atoms with Crippen molar-refractivity contribution in [1.82, 2.24) is 15.6 Å². The average Bonchev–Trinajstić information content (AvgIpc) is 2.94. The minimum Gasteiger partial charge on any atom is -0.479 e. The van der Waals surface area contributed by atoms with Gasteiger partial charge in [-0.25, -0.2) is 9.37 Å². The molecule has 2 unspecified atom stereocenters. The second kappa shape index (κ2) is 14.1. The summed E-state index contributed by atoms with van der Waals surface area (Å²) in [6.07, 6.45) is -3.83. The van der Waals surface area contributed by atoms with E-state index >= 15 is 0 Å². The molecule has 0 spiro atoms. The normalized spacial score (nSPS) is 16.6. The fraction of sp³-hybridized carbons (Fsp3) is 0.367. The van der Waals surface area contributed by atoms with E-state index in [-0.39, 0.29) is 34.2 Å². The first kappa shape index (κ1) is 35.0. The Hall–Kier alpha value is -3.45. The molecule has 2 aromatic carbocycles. The molecule has 1 aliphatic heterocycles. The molecule has 2 amide bonds. The summed E-state index contributed by atoms with van der Waals surface area (Å²) < 4.78 is 60.0. The number of pyridine rings is 1. The molecule has 2 atom stereocenters. The van der Waals surface area contributed by atoms with Crippen LogP contribution in [0.4, 0.5) is 17.6 Å². The molecule has 1 aromatic heterocycles. The Labute approximate surface area is 261 Å². The van der Waals surface area contributed by atoms with Crippen LogP contribution in [0.25, 0.3) is 11.3 Å². The van der Waals surface area contributed by atoms with Crippen molar-refractivity contribution in [2.45, 2.75) is 57.0 Å². The number of nitrogens with one attached hydrogen (secondary N) is 2. The Morgan fingerprint density at radius 1 is 1.14 bits per heavy atom. The Kier molecular flexibility index (Phi) is 11.2. The van der Waals surface area contributed by atoms with Gasteiger partial charge in [0.25, 0.3) is 5.91 Å². The van der Waals surface area contributed by atoms with Gasteiger partial charge in [0.2, 0.25) is 12.0 Å². The monoisotopic (exact) mass is 658 g/mol. The predicted molar refractivity (Wildman–Crippen MR) is 159 cm³/mol. The van der Waals surface area contributed by atoms with E-state index in [2.05, 4.69) is 10.3 Å². The zero-order valence-corrected chi connectivity index (χ0v) is 25.6. The van der Waals surface area contributed by atoms with Crippen molar-refractivity contribution in [2.24, 2.45) is 5.73 Å². The van der Waals surface area contributed by atoms with E-state index in [1.807, 2.05) is 24.4 Å². The van der Waals surface area contributed by atoms with Gasteiger partial charge in [-0.05, 0) is 87.2 Å². The van der Waals surface area contributed by atoms with Crippen LogP contribution < -0.4 is 21.1 Å². The quantitative estimate of drug-likeness (QED) is 0.186. The van der Waals surface area contributed by atoms with Gasteiger partial charge in [0.15, 0.2) is 6.10 Å². The molecule has 0 saturated carbocycles. The summed E-state index contributed by atoms with van der Waals surface area (Å²) in [6, 6.07) is 11.5. The Morgan fingerprint density at radius 3 is 2.41 bits per heavy atom. The van der Waals surface area contributed by atoms with E-state index in [0.29, 0.717) is 10.8 Å². The molecule has 0 bridgehead atoms. The number of rotatable bonds is 8. The molecule has 44 heavy (non-hydrogen) atoms. The molecule has 238 valence electrons. The minimum atomic E-state index is -5.15. The number of aromatic nitrogens is 1. The molecule has 0 radical (unpaired) electrons. The minimum absolute atomic E-state index is 0.00158. The summed E-state index contributed by atoms with van der Waals surface area (Å²) >= 11 is 11.8. The summed E-state index contributed by atoms with van der Waals surface area (Å²) in [5.74, 6) is -0.180. The molecule has 1 saturated heterocycles. The topological polar surface area (TPSA) is 127 Å². The van der Waals surface area contributed by atoms with E-state index in [4.69, 9.17) is 33.7 Å². The smallest absolute Gasteiger partial charge is 0.424 e. The highest BCUT2D eigenvalue weighted by Gasteiger charge is 2.56.